The molecule has 2 rings (SSSR count). The highest BCUT2D eigenvalue weighted by molar-refractivity contribution is 7.89. The molecule has 0 aliphatic carbocycles. The number of anilines is 1. The van der Waals surface area contributed by atoms with E-state index >= 15 is 0 Å². The number of benzene rings is 1. The van der Waals surface area contributed by atoms with Crippen LogP contribution in [0.15, 0.2) is 35.4 Å². The number of sulfonamides is 1. The summed E-state index contributed by atoms with van der Waals surface area (Å²) in [5.41, 5.74) is 0.459. The summed E-state index contributed by atoms with van der Waals surface area (Å²) in [6.07, 6.45) is 1.07. The van der Waals surface area contributed by atoms with Crippen molar-refractivity contribution in [3.05, 3.63) is 41.8 Å². The van der Waals surface area contributed by atoms with Crippen LogP contribution in [0, 0.1) is 5.82 Å². The van der Waals surface area contributed by atoms with Crippen molar-refractivity contribution < 1.29 is 17.6 Å². The van der Waals surface area contributed by atoms with Gasteiger partial charge in [0.25, 0.3) is 0 Å². The Labute approximate surface area is 120 Å². The van der Waals surface area contributed by atoms with Gasteiger partial charge in [-0.3, -0.25) is 9.48 Å². The summed E-state index contributed by atoms with van der Waals surface area (Å²) in [7, 11) is -2.50. The summed E-state index contributed by atoms with van der Waals surface area (Å²) in [5, 5.41) is 11.2. The third-order valence-electron chi connectivity index (χ3n) is 2.61. The molecular weight excluding hydrogens is 299 g/mol. The summed E-state index contributed by atoms with van der Waals surface area (Å²) in [6.45, 7) is 0. The molecule has 0 radical (unpaired) electrons. The maximum absolute atomic E-state index is 13.0. The van der Waals surface area contributed by atoms with Crippen LogP contribution in [0.1, 0.15) is 5.56 Å². The minimum atomic E-state index is -4.00. The molecule has 0 fully saturated rings. The van der Waals surface area contributed by atoms with Crippen molar-refractivity contribution in [1.82, 2.24) is 9.78 Å². The molecule has 3 N–H and O–H groups in total. The second-order valence-electron chi connectivity index (χ2n) is 4.42. The normalized spacial score (nSPS) is 11.4. The number of rotatable bonds is 4. The van der Waals surface area contributed by atoms with Gasteiger partial charge >= 0.3 is 0 Å². The molecule has 9 heteroatoms. The van der Waals surface area contributed by atoms with Gasteiger partial charge < -0.3 is 5.32 Å². The van der Waals surface area contributed by atoms with Gasteiger partial charge in [0.15, 0.2) is 5.82 Å². The van der Waals surface area contributed by atoms with Gasteiger partial charge in [-0.2, -0.15) is 5.10 Å². The van der Waals surface area contributed by atoms with Crippen LogP contribution in [0.3, 0.4) is 0 Å². The lowest BCUT2D eigenvalue weighted by molar-refractivity contribution is -0.115. The molecule has 0 aliphatic rings. The van der Waals surface area contributed by atoms with Gasteiger partial charge in [-0.1, -0.05) is 12.1 Å². The molecule has 1 aromatic carbocycles. The summed E-state index contributed by atoms with van der Waals surface area (Å²) in [6, 6.07) is 5.55. The minimum Gasteiger partial charge on any atom is -0.308 e. The standard InChI is InChI=1S/C12H13FN4O3S/c1-17-7-10(21(14,19)20)12(16-17)15-11(18)6-8-3-2-4-9(13)5-8/h2-5,7H,6H2,1H3,(H2,14,19,20)(H,15,16,18). The number of nitrogens with two attached hydrogens (primary N) is 1. The number of hydrogen-bond acceptors (Lipinski definition) is 4. The first-order chi connectivity index (χ1) is 9.75. The Morgan fingerprint density at radius 2 is 2.19 bits per heavy atom. The number of hydrogen-bond donors (Lipinski definition) is 2. The predicted molar refractivity (Wildman–Crippen MR) is 73.3 cm³/mol. The Bertz CT molecular complexity index is 786. The molecule has 0 bridgehead atoms. The van der Waals surface area contributed by atoms with E-state index in [0.717, 1.165) is 0 Å². The van der Waals surface area contributed by atoms with Gasteiger partial charge in [-0.25, -0.2) is 17.9 Å². The summed E-state index contributed by atoms with van der Waals surface area (Å²) < 4.78 is 37.0. The zero-order valence-corrected chi connectivity index (χ0v) is 11.9. The summed E-state index contributed by atoms with van der Waals surface area (Å²) in [4.78, 5) is 11.6. The maximum atomic E-state index is 13.0. The van der Waals surface area contributed by atoms with Gasteiger partial charge in [0.05, 0.1) is 6.42 Å². The number of carbonyl (C=O) groups excluding carboxylic acids is 1. The molecule has 0 unspecified atom stereocenters. The van der Waals surface area contributed by atoms with E-state index in [4.69, 9.17) is 5.14 Å². The van der Waals surface area contributed by atoms with Gasteiger partial charge in [0.1, 0.15) is 10.7 Å². The van der Waals surface area contributed by atoms with E-state index in [-0.39, 0.29) is 17.1 Å². The van der Waals surface area contributed by atoms with Crippen molar-refractivity contribution in [3.8, 4) is 0 Å². The SMILES string of the molecule is Cn1cc(S(N)(=O)=O)c(NC(=O)Cc2cccc(F)c2)n1. The first-order valence-corrected chi connectivity index (χ1v) is 7.41. The highest BCUT2D eigenvalue weighted by Crippen LogP contribution is 2.17. The number of aryl methyl sites for hydroxylation is 1. The fraction of sp³-hybridized carbons (Fsp3) is 0.167. The Balaban J connectivity index is 2.17. The Kier molecular flexibility index (Phi) is 4.05. The summed E-state index contributed by atoms with van der Waals surface area (Å²) >= 11 is 0. The van der Waals surface area contributed by atoms with Crippen LogP contribution in [0.25, 0.3) is 0 Å². The topological polar surface area (TPSA) is 107 Å². The van der Waals surface area contributed by atoms with Crippen molar-refractivity contribution in [3.63, 3.8) is 0 Å². The average Bonchev–Trinajstić information content (AvgIpc) is 2.69. The predicted octanol–water partition coefficient (Wildman–Crippen LogP) is 0.388. The molecule has 0 saturated carbocycles. The molecule has 21 heavy (non-hydrogen) atoms. The molecule has 0 saturated heterocycles. The number of nitrogens with zero attached hydrogens (tertiary/aromatic N) is 2. The second-order valence-corrected chi connectivity index (χ2v) is 5.95. The third-order valence-corrected chi connectivity index (χ3v) is 3.53. The van der Waals surface area contributed by atoms with Crippen LogP contribution in [0.5, 0.6) is 0 Å². The van der Waals surface area contributed by atoms with E-state index in [0.29, 0.717) is 5.56 Å². The number of carbonyl (C=O) groups is 1. The lowest BCUT2D eigenvalue weighted by Crippen LogP contribution is -2.19. The highest BCUT2D eigenvalue weighted by Gasteiger charge is 2.20. The number of primary sulfonamides is 1. The molecule has 2 aromatic rings. The summed E-state index contributed by atoms with van der Waals surface area (Å²) in [5.74, 6) is -1.13. The minimum absolute atomic E-state index is 0.113. The largest absolute Gasteiger partial charge is 0.308 e. The number of aromatic nitrogens is 2. The third kappa shape index (κ3) is 3.86. The number of nitrogens with one attached hydrogen (secondary N) is 1. The Hall–Kier alpha value is -2.26. The van der Waals surface area contributed by atoms with E-state index in [1.54, 1.807) is 6.07 Å². The molecule has 0 aliphatic heterocycles. The fourth-order valence-electron chi connectivity index (χ4n) is 1.77. The molecule has 7 nitrogen and oxygen atoms in total. The Morgan fingerprint density at radius 1 is 1.48 bits per heavy atom. The molecule has 0 atom stereocenters. The van der Waals surface area contributed by atoms with Crippen LogP contribution >= 0.6 is 0 Å². The fourth-order valence-corrected chi connectivity index (χ4v) is 2.43. The lowest BCUT2D eigenvalue weighted by atomic mass is 10.1. The monoisotopic (exact) mass is 312 g/mol. The molecule has 1 aromatic heterocycles. The van der Waals surface area contributed by atoms with Crippen LogP contribution in [-0.4, -0.2) is 24.1 Å². The van der Waals surface area contributed by atoms with E-state index < -0.39 is 21.7 Å². The molecule has 1 heterocycles. The van der Waals surface area contributed by atoms with E-state index in [1.807, 2.05) is 0 Å². The quantitative estimate of drug-likeness (QED) is 0.851. The molecule has 0 spiro atoms. The van der Waals surface area contributed by atoms with Gasteiger partial charge in [-0.05, 0) is 17.7 Å². The highest BCUT2D eigenvalue weighted by atomic mass is 32.2. The van der Waals surface area contributed by atoms with Crippen molar-refractivity contribution >= 4 is 21.7 Å². The lowest BCUT2D eigenvalue weighted by Gasteiger charge is -2.04. The second kappa shape index (κ2) is 5.62. The van der Waals surface area contributed by atoms with Crippen molar-refractivity contribution in [2.45, 2.75) is 11.3 Å². The van der Waals surface area contributed by atoms with Crippen molar-refractivity contribution in [1.29, 1.82) is 0 Å². The Morgan fingerprint density at radius 3 is 2.81 bits per heavy atom. The first kappa shape index (κ1) is 15.1. The van der Waals surface area contributed by atoms with Gasteiger partial charge in [0.2, 0.25) is 15.9 Å². The molecule has 1 amide bonds. The first-order valence-electron chi connectivity index (χ1n) is 5.86. The average molecular weight is 312 g/mol. The van der Waals surface area contributed by atoms with E-state index in [9.17, 15) is 17.6 Å². The van der Waals surface area contributed by atoms with Gasteiger partial charge in [0, 0.05) is 13.2 Å². The van der Waals surface area contributed by atoms with Crippen molar-refractivity contribution in [2.24, 2.45) is 12.2 Å². The van der Waals surface area contributed by atoms with Crippen LogP contribution in [-0.2, 0) is 28.3 Å². The van der Waals surface area contributed by atoms with Crippen LogP contribution in [0.2, 0.25) is 0 Å². The zero-order valence-electron chi connectivity index (χ0n) is 11.1. The number of halogens is 1. The van der Waals surface area contributed by atoms with E-state index in [1.165, 1.54) is 36.1 Å². The van der Waals surface area contributed by atoms with Gasteiger partial charge in [-0.15, -0.1) is 0 Å². The maximum Gasteiger partial charge on any atom is 0.243 e. The van der Waals surface area contributed by atoms with Crippen molar-refractivity contribution in [2.75, 3.05) is 5.32 Å². The molecule has 112 valence electrons. The van der Waals surface area contributed by atoms with E-state index in [2.05, 4.69) is 10.4 Å². The zero-order chi connectivity index (χ0) is 15.6. The number of amides is 1. The van der Waals surface area contributed by atoms with Crippen LogP contribution < -0.4 is 10.5 Å². The molecular formula is C12H13FN4O3S. The van der Waals surface area contributed by atoms with Crippen LogP contribution in [0.4, 0.5) is 10.2 Å². The smallest absolute Gasteiger partial charge is 0.243 e.